The van der Waals surface area contributed by atoms with Crippen molar-refractivity contribution in [1.29, 1.82) is 0 Å². The first-order chi connectivity index (χ1) is 13.5. The number of carbonyl (C=O) groups is 2. The summed E-state index contributed by atoms with van der Waals surface area (Å²) in [4.78, 5) is 36.7. The van der Waals surface area contributed by atoms with Crippen molar-refractivity contribution in [3.05, 3.63) is 65.0 Å². The number of benzene rings is 3. The molecule has 28 heavy (non-hydrogen) atoms. The van der Waals surface area contributed by atoms with Crippen molar-refractivity contribution >= 4 is 33.6 Å². The van der Waals surface area contributed by atoms with E-state index in [0.29, 0.717) is 16.5 Å². The maximum atomic E-state index is 13.2. The van der Waals surface area contributed by atoms with Gasteiger partial charge in [0.25, 0.3) is 5.56 Å². The molecule has 0 bridgehead atoms. The van der Waals surface area contributed by atoms with Gasteiger partial charge in [-0.2, -0.15) is 0 Å². The molecular weight excluding hydrogens is 360 g/mol. The normalized spacial score (nSPS) is 10.9. The minimum Gasteiger partial charge on any atom is -0.425 e. The van der Waals surface area contributed by atoms with Crippen LogP contribution in [-0.4, -0.2) is 21.7 Å². The maximum Gasteiger partial charge on any atom is 0.308 e. The highest BCUT2D eigenvalue weighted by Crippen LogP contribution is 2.41. The van der Waals surface area contributed by atoms with Crippen LogP contribution in [0.4, 0.5) is 0 Å². The van der Waals surface area contributed by atoms with Crippen LogP contribution in [0.3, 0.4) is 0 Å². The molecule has 1 aromatic heterocycles. The highest BCUT2D eigenvalue weighted by atomic mass is 16.5. The lowest BCUT2D eigenvalue weighted by Crippen LogP contribution is -2.15. The summed E-state index contributed by atoms with van der Waals surface area (Å²) in [7, 11) is 0. The van der Waals surface area contributed by atoms with E-state index in [4.69, 9.17) is 9.47 Å². The standard InChI is InChI=1S/C21H16N2O5/c1-12(24)27-19-15-10-6-7-11-16(15)20(28-13(2)25)18-17(19)21(26)23(22-18)14-8-4-3-5-9-14/h3-11,22H,1-2H3. The van der Waals surface area contributed by atoms with Gasteiger partial charge >= 0.3 is 11.9 Å². The van der Waals surface area contributed by atoms with E-state index in [9.17, 15) is 14.4 Å². The van der Waals surface area contributed by atoms with Crippen LogP contribution in [0, 0.1) is 0 Å². The van der Waals surface area contributed by atoms with Crippen LogP contribution in [0.15, 0.2) is 59.4 Å². The fourth-order valence-corrected chi connectivity index (χ4v) is 3.22. The Kier molecular flexibility index (Phi) is 4.19. The fourth-order valence-electron chi connectivity index (χ4n) is 3.22. The second-order valence-corrected chi connectivity index (χ2v) is 6.23. The molecule has 0 spiro atoms. The number of H-pyrrole nitrogens is 1. The fraction of sp³-hybridized carbons (Fsp3) is 0.0952. The number of carbonyl (C=O) groups excluding carboxylic acids is 2. The summed E-state index contributed by atoms with van der Waals surface area (Å²) < 4.78 is 12.2. The Hall–Kier alpha value is -3.87. The lowest BCUT2D eigenvalue weighted by molar-refractivity contribution is -0.132. The molecular formula is C21H16N2O5. The SMILES string of the molecule is CC(=O)Oc1c2ccccc2c(OC(C)=O)c2c(=O)n(-c3ccccc3)[nH]c12. The van der Waals surface area contributed by atoms with Crippen molar-refractivity contribution in [2.75, 3.05) is 0 Å². The van der Waals surface area contributed by atoms with E-state index in [2.05, 4.69) is 5.10 Å². The van der Waals surface area contributed by atoms with Gasteiger partial charge in [0, 0.05) is 24.6 Å². The highest BCUT2D eigenvalue weighted by molar-refractivity contribution is 6.11. The number of fused-ring (bicyclic) bond motifs is 2. The summed E-state index contributed by atoms with van der Waals surface area (Å²) >= 11 is 0. The average Bonchev–Trinajstić information content (AvgIpc) is 3.02. The Morgan fingerprint density at radius 1 is 0.821 bits per heavy atom. The number of nitrogens with zero attached hydrogens (tertiary/aromatic N) is 1. The number of ether oxygens (including phenoxy) is 2. The third-order valence-corrected chi connectivity index (χ3v) is 4.27. The second-order valence-electron chi connectivity index (χ2n) is 6.23. The molecule has 0 radical (unpaired) electrons. The van der Waals surface area contributed by atoms with Crippen LogP contribution < -0.4 is 15.0 Å². The Balaban J connectivity index is 2.19. The van der Waals surface area contributed by atoms with Gasteiger partial charge in [-0.25, -0.2) is 4.68 Å². The molecule has 4 rings (SSSR count). The van der Waals surface area contributed by atoms with Gasteiger partial charge in [0.05, 0.1) is 5.69 Å². The molecule has 0 atom stereocenters. The van der Waals surface area contributed by atoms with Crippen molar-refractivity contribution in [2.45, 2.75) is 13.8 Å². The summed E-state index contributed by atoms with van der Waals surface area (Å²) in [6.07, 6.45) is 0. The summed E-state index contributed by atoms with van der Waals surface area (Å²) in [5, 5.41) is 4.17. The molecule has 140 valence electrons. The molecule has 0 aliphatic carbocycles. The second kappa shape index (κ2) is 6.70. The molecule has 4 aromatic rings. The first-order valence-electron chi connectivity index (χ1n) is 8.59. The molecule has 0 aliphatic heterocycles. The van der Waals surface area contributed by atoms with Crippen molar-refractivity contribution in [1.82, 2.24) is 9.78 Å². The third-order valence-electron chi connectivity index (χ3n) is 4.27. The smallest absolute Gasteiger partial charge is 0.308 e. The Morgan fingerprint density at radius 3 is 1.96 bits per heavy atom. The van der Waals surface area contributed by atoms with Crippen molar-refractivity contribution in [2.24, 2.45) is 0 Å². The van der Waals surface area contributed by atoms with E-state index in [1.165, 1.54) is 18.5 Å². The third kappa shape index (κ3) is 2.83. The molecule has 0 unspecified atom stereocenters. The Labute approximate surface area is 159 Å². The summed E-state index contributed by atoms with van der Waals surface area (Å²) in [6, 6.07) is 15.9. The molecule has 7 nitrogen and oxygen atoms in total. The summed E-state index contributed by atoms with van der Waals surface area (Å²) in [6.45, 7) is 2.55. The van der Waals surface area contributed by atoms with E-state index in [1.807, 2.05) is 6.07 Å². The first-order valence-corrected chi connectivity index (χ1v) is 8.59. The average molecular weight is 376 g/mol. The molecule has 1 heterocycles. The van der Waals surface area contributed by atoms with Gasteiger partial charge in [0.1, 0.15) is 10.9 Å². The summed E-state index contributed by atoms with van der Waals surface area (Å²) in [5.74, 6) is -0.746. The van der Waals surface area contributed by atoms with Crippen LogP contribution in [-0.2, 0) is 9.59 Å². The van der Waals surface area contributed by atoms with Crippen LogP contribution in [0.25, 0.3) is 27.4 Å². The highest BCUT2D eigenvalue weighted by Gasteiger charge is 2.24. The number of esters is 2. The molecule has 0 saturated carbocycles. The molecule has 7 heteroatoms. The van der Waals surface area contributed by atoms with Gasteiger partial charge in [-0.1, -0.05) is 42.5 Å². The van der Waals surface area contributed by atoms with E-state index < -0.39 is 17.5 Å². The predicted molar refractivity (Wildman–Crippen MR) is 104 cm³/mol. The minimum atomic E-state index is -0.557. The van der Waals surface area contributed by atoms with Crippen molar-refractivity contribution < 1.29 is 19.1 Å². The quantitative estimate of drug-likeness (QED) is 0.438. The number of aromatic nitrogens is 2. The Bertz CT molecular complexity index is 1290. The lowest BCUT2D eigenvalue weighted by atomic mass is 10.0. The van der Waals surface area contributed by atoms with Gasteiger partial charge < -0.3 is 9.47 Å². The number of hydrogen-bond acceptors (Lipinski definition) is 5. The molecule has 0 amide bonds. The van der Waals surface area contributed by atoms with Gasteiger partial charge in [0.15, 0.2) is 11.5 Å². The lowest BCUT2D eigenvalue weighted by Gasteiger charge is -2.12. The maximum absolute atomic E-state index is 13.2. The van der Waals surface area contributed by atoms with Crippen molar-refractivity contribution in [3.63, 3.8) is 0 Å². The first kappa shape index (κ1) is 17.5. The topological polar surface area (TPSA) is 90.4 Å². The van der Waals surface area contributed by atoms with E-state index in [-0.39, 0.29) is 22.4 Å². The largest absolute Gasteiger partial charge is 0.425 e. The molecule has 3 aromatic carbocycles. The molecule has 0 saturated heterocycles. The van der Waals surface area contributed by atoms with E-state index in [1.54, 1.807) is 48.5 Å². The Morgan fingerprint density at radius 2 is 1.36 bits per heavy atom. The van der Waals surface area contributed by atoms with Crippen LogP contribution in [0.2, 0.25) is 0 Å². The number of nitrogens with one attached hydrogen (secondary N) is 1. The molecule has 0 fully saturated rings. The number of hydrogen-bond donors (Lipinski definition) is 1. The summed E-state index contributed by atoms with van der Waals surface area (Å²) in [5.41, 5.74) is 0.450. The predicted octanol–water partition coefficient (Wildman–Crippen LogP) is 3.32. The zero-order valence-electron chi connectivity index (χ0n) is 15.2. The van der Waals surface area contributed by atoms with Gasteiger partial charge in [-0.15, -0.1) is 0 Å². The van der Waals surface area contributed by atoms with Crippen LogP contribution in [0.1, 0.15) is 13.8 Å². The van der Waals surface area contributed by atoms with Crippen LogP contribution >= 0.6 is 0 Å². The van der Waals surface area contributed by atoms with E-state index >= 15 is 0 Å². The van der Waals surface area contributed by atoms with Gasteiger partial charge in [-0.05, 0) is 12.1 Å². The van der Waals surface area contributed by atoms with Crippen molar-refractivity contribution in [3.8, 4) is 17.2 Å². The molecule has 1 N–H and O–H groups in total. The van der Waals surface area contributed by atoms with E-state index in [0.717, 1.165) is 0 Å². The zero-order valence-corrected chi connectivity index (χ0v) is 15.2. The van der Waals surface area contributed by atoms with Gasteiger partial charge in [-0.3, -0.25) is 19.5 Å². The monoisotopic (exact) mass is 376 g/mol. The number of aromatic amines is 1. The van der Waals surface area contributed by atoms with Gasteiger partial charge in [0.2, 0.25) is 0 Å². The minimum absolute atomic E-state index is 0.130. The number of para-hydroxylation sites is 1. The molecule has 0 aliphatic rings. The number of rotatable bonds is 3. The van der Waals surface area contributed by atoms with Crippen LogP contribution in [0.5, 0.6) is 11.5 Å². The zero-order chi connectivity index (χ0) is 19.8.